The van der Waals surface area contributed by atoms with Crippen molar-refractivity contribution in [1.82, 2.24) is 4.98 Å². The molecule has 0 unspecified atom stereocenters. The predicted molar refractivity (Wildman–Crippen MR) is 84.9 cm³/mol. The van der Waals surface area contributed by atoms with E-state index in [1.165, 1.54) is 17.4 Å². The molecule has 0 saturated carbocycles. The SMILES string of the molecule is Cc1cc(F)c(Br)cc1Nc1nc(C(C)(C)C(=O)O)cs1. The number of carboxylic acid groups (broad SMARTS) is 1. The number of rotatable bonds is 4. The van der Waals surface area contributed by atoms with Gasteiger partial charge in [0, 0.05) is 11.1 Å². The van der Waals surface area contributed by atoms with Crippen LogP contribution in [0.25, 0.3) is 0 Å². The standard InChI is InChI=1S/C14H14BrFN2O2S/c1-7-4-9(16)8(15)5-10(7)17-13-18-11(6-21-13)14(2,3)12(19)20/h4-6H,1-3H3,(H,17,18)(H,19,20). The van der Waals surface area contributed by atoms with Gasteiger partial charge in [-0.3, -0.25) is 4.79 Å². The first-order chi connectivity index (χ1) is 9.71. The van der Waals surface area contributed by atoms with E-state index in [1.54, 1.807) is 32.2 Å². The van der Waals surface area contributed by atoms with Gasteiger partial charge in [-0.25, -0.2) is 9.37 Å². The molecule has 0 bridgehead atoms. The average Bonchev–Trinajstić information content (AvgIpc) is 2.85. The van der Waals surface area contributed by atoms with Crippen molar-refractivity contribution in [2.45, 2.75) is 26.2 Å². The van der Waals surface area contributed by atoms with Crippen LogP contribution >= 0.6 is 27.3 Å². The van der Waals surface area contributed by atoms with Crippen LogP contribution in [0.3, 0.4) is 0 Å². The van der Waals surface area contributed by atoms with E-state index in [4.69, 9.17) is 0 Å². The second kappa shape index (κ2) is 5.73. The Kier molecular flexibility index (Phi) is 4.34. The van der Waals surface area contributed by atoms with Crippen LogP contribution in [-0.4, -0.2) is 16.1 Å². The van der Waals surface area contributed by atoms with Gasteiger partial charge in [0.05, 0.1) is 10.2 Å². The van der Waals surface area contributed by atoms with Crippen LogP contribution in [0.1, 0.15) is 25.1 Å². The average molecular weight is 373 g/mol. The number of nitrogens with one attached hydrogen (secondary N) is 1. The lowest BCUT2D eigenvalue weighted by molar-refractivity contribution is -0.142. The zero-order valence-corrected chi connectivity index (χ0v) is 14.1. The van der Waals surface area contributed by atoms with E-state index >= 15 is 0 Å². The number of aromatic nitrogens is 1. The number of hydrogen-bond donors (Lipinski definition) is 2. The summed E-state index contributed by atoms with van der Waals surface area (Å²) < 4.78 is 13.8. The topological polar surface area (TPSA) is 62.2 Å². The lowest BCUT2D eigenvalue weighted by Gasteiger charge is -2.15. The molecule has 0 saturated heterocycles. The van der Waals surface area contributed by atoms with Crippen LogP contribution in [-0.2, 0) is 10.2 Å². The summed E-state index contributed by atoms with van der Waals surface area (Å²) in [7, 11) is 0. The Balaban J connectivity index is 2.28. The number of aliphatic carboxylic acids is 1. The van der Waals surface area contributed by atoms with Crippen LogP contribution in [0, 0.1) is 12.7 Å². The molecular formula is C14H14BrFN2O2S. The number of hydrogen-bond acceptors (Lipinski definition) is 4. The molecule has 0 spiro atoms. The lowest BCUT2D eigenvalue weighted by atomic mass is 9.90. The molecule has 112 valence electrons. The van der Waals surface area contributed by atoms with Crippen molar-refractivity contribution >= 4 is 44.1 Å². The summed E-state index contributed by atoms with van der Waals surface area (Å²) in [5.74, 6) is -1.26. The van der Waals surface area contributed by atoms with Gasteiger partial charge in [0.25, 0.3) is 0 Å². The molecule has 0 aliphatic rings. The molecular weight excluding hydrogens is 359 g/mol. The molecule has 0 atom stereocenters. The minimum atomic E-state index is -1.05. The quantitative estimate of drug-likeness (QED) is 0.831. The second-order valence-electron chi connectivity index (χ2n) is 5.17. The first kappa shape index (κ1) is 15.9. The fourth-order valence-electron chi connectivity index (χ4n) is 1.62. The van der Waals surface area contributed by atoms with Crippen molar-refractivity contribution in [2.24, 2.45) is 0 Å². The molecule has 0 radical (unpaired) electrons. The Labute approximate surface area is 134 Å². The van der Waals surface area contributed by atoms with Gasteiger partial charge >= 0.3 is 5.97 Å². The highest BCUT2D eigenvalue weighted by molar-refractivity contribution is 9.10. The highest BCUT2D eigenvalue weighted by Gasteiger charge is 2.32. The van der Waals surface area contributed by atoms with Crippen molar-refractivity contribution in [1.29, 1.82) is 0 Å². The van der Waals surface area contributed by atoms with E-state index in [-0.39, 0.29) is 5.82 Å². The Morgan fingerprint density at radius 1 is 1.48 bits per heavy atom. The Morgan fingerprint density at radius 3 is 2.76 bits per heavy atom. The highest BCUT2D eigenvalue weighted by Crippen LogP contribution is 2.31. The molecule has 4 nitrogen and oxygen atoms in total. The first-order valence-corrected chi connectivity index (χ1v) is 7.81. The fraction of sp³-hybridized carbons (Fsp3) is 0.286. The molecule has 1 aromatic heterocycles. The molecule has 21 heavy (non-hydrogen) atoms. The van der Waals surface area contributed by atoms with E-state index < -0.39 is 11.4 Å². The number of nitrogens with zero attached hydrogens (tertiary/aromatic N) is 1. The van der Waals surface area contributed by atoms with Crippen molar-refractivity contribution in [3.8, 4) is 0 Å². The van der Waals surface area contributed by atoms with Gasteiger partial charge in [-0.2, -0.15) is 0 Å². The van der Waals surface area contributed by atoms with Gasteiger partial charge in [0.2, 0.25) is 0 Å². The molecule has 2 rings (SSSR count). The Morgan fingerprint density at radius 2 is 2.14 bits per heavy atom. The van der Waals surface area contributed by atoms with Crippen LogP contribution in [0.2, 0.25) is 0 Å². The number of carboxylic acids is 1. The van der Waals surface area contributed by atoms with Gasteiger partial charge in [0.15, 0.2) is 5.13 Å². The number of thiazole rings is 1. The van der Waals surface area contributed by atoms with Crippen molar-refractivity contribution in [3.05, 3.63) is 39.1 Å². The zero-order chi connectivity index (χ0) is 15.8. The molecule has 0 aliphatic heterocycles. The number of anilines is 2. The maximum atomic E-state index is 13.4. The number of halogens is 2. The number of carbonyl (C=O) groups is 1. The number of benzene rings is 1. The van der Waals surface area contributed by atoms with Gasteiger partial charge in [0.1, 0.15) is 11.2 Å². The Bertz CT molecular complexity index is 700. The van der Waals surface area contributed by atoms with E-state index in [2.05, 4.69) is 26.2 Å². The third kappa shape index (κ3) is 3.24. The molecule has 1 aromatic carbocycles. The van der Waals surface area contributed by atoms with E-state index in [9.17, 15) is 14.3 Å². The van der Waals surface area contributed by atoms with Gasteiger partial charge < -0.3 is 10.4 Å². The maximum absolute atomic E-state index is 13.4. The van der Waals surface area contributed by atoms with E-state index in [1.807, 2.05) is 0 Å². The highest BCUT2D eigenvalue weighted by atomic mass is 79.9. The summed E-state index contributed by atoms with van der Waals surface area (Å²) >= 11 is 4.45. The largest absolute Gasteiger partial charge is 0.481 e. The van der Waals surface area contributed by atoms with Crippen molar-refractivity contribution < 1.29 is 14.3 Å². The maximum Gasteiger partial charge on any atom is 0.315 e. The van der Waals surface area contributed by atoms with Gasteiger partial charge in [-0.15, -0.1) is 11.3 Å². The van der Waals surface area contributed by atoms with Crippen molar-refractivity contribution in [2.75, 3.05) is 5.32 Å². The minimum Gasteiger partial charge on any atom is -0.481 e. The predicted octanol–water partition coefficient (Wildman–Crippen LogP) is 4.46. The Hall–Kier alpha value is -1.47. The summed E-state index contributed by atoms with van der Waals surface area (Å²) in [5.41, 5.74) is 0.901. The monoisotopic (exact) mass is 372 g/mol. The molecule has 0 aliphatic carbocycles. The zero-order valence-electron chi connectivity index (χ0n) is 11.7. The van der Waals surface area contributed by atoms with E-state index in [0.29, 0.717) is 15.3 Å². The summed E-state index contributed by atoms with van der Waals surface area (Å²) in [6.45, 7) is 5.00. The smallest absolute Gasteiger partial charge is 0.315 e. The molecule has 7 heteroatoms. The van der Waals surface area contributed by atoms with Crippen LogP contribution in [0.4, 0.5) is 15.2 Å². The third-order valence-electron chi connectivity index (χ3n) is 3.19. The molecule has 1 heterocycles. The van der Waals surface area contributed by atoms with Crippen LogP contribution < -0.4 is 5.32 Å². The minimum absolute atomic E-state index is 0.329. The molecule has 2 N–H and O–H groups in total. The van der Waals surface area contributed by atoms with Crippen LogP contribution in [0.5, 0.6) is 0 Å². The summed E-state index contributed by atoms with van der Waals surface area (Å²) in [6, 6.07) is 3.05. The third-order valence-corrected chi connectivity index (χ3v) is 4.55. The first-order valence-electron chi connectivity index (χ1n) is 6.14. The summed E-state index contributed by atoms with van der Waals surface area (Å²) in [4.78, 5) is 15.5. The van der Waals surface area contributed by atoms with Gasteiger partial charge in [-0.1, -0.05) is 0 Å². The molecule has 0 fully saturated rings. The summed E-state index contributed by atoms with van der Waals surface area (Å²) in [6.07, 6.45) is 0. The number of aryl methyl sites for hydroxylation is 1. The van der Waals surface area contributed by atoms with Crippen LogP contribution in [0.15, 0.2) is 22.0 Å². The van der Waals surface area contributed by atoms with E-state index in [0.717, 1.165) is 11.3 Å². The second-order valence-corrected chi connectivity index (χ2v) is 6.89. The lowest BCUT2D eigenvalue weighted by Crippen LogP contribution is -2.28. The normalized spacial score (nSPS) is 11.5. The van der Waals surface area contributed by atoms with Crippen molar-refractivity contribution in [3.63, 3.8) is 0 Å². The fourth-order valence-corrected chi connectivity index (χ4v) is 2.86. The van der Waals surface area contributed by atoms with Gasteiger partial charge in [-0.05, 0) is 54.4 Å². The molecule has 0 amide bonds. The molecule has 2 aromatic rings. The summed E-state index contributed by atoms with van der Waals surface area (Å²) in [5, 5.41) is 14.6.